The fraction of sp³-hybridized carbons (Fsp3) is 0. The van der Waals surface area contributed by atoms with E-state index in [1.54, 1.807) is 4.80 Å². The molecule has 0 saturated heterocycles. The molecule has 2 heterocycles. The Morgan fingerprint density at radius 1 is 0.444 bits per heavy atom. The molecule has 4 heteroatoms. The van der Waals surface area contributed by atoms with E-state index >= 15 is 0 Å². The van der Waals surface area contributed by atoms with Crippen LogP contribution in [0.2, 0.25) is 0 Å². The molecule has 0 aliphatic rings. The molecule has 0 spiro atoms. The van der Waals surface area contributed by atoms with Crippen LogP contribution in [-0.4, -0.2) is 19.6 Å². The summed E-state index contributed by atoms with van der Waals surface area (Å²) in [5.74, 6) is 0. The summed E-state index contributed by atoms with van der Waals surface area (Å²) in [6.45, 7) is 0. The third-order valence-corrected chi connectivity index (χ3v) is 7.16. The highest BCUT2D eigenvalue weighted by Gasteiger charge is 2.17. The average molecular weight is 461 g/mol. The molecule has 0 saturated carbocycles. The fourth-order valence-electron chi connectivity index (χ4n) is 5.54. The molecule has 0 aliphatic carbocycles. The van der Waals surface area contributed by atoms with Gasteiger partial charge >= 0.3 is 0 Å². The van der Waals surface area contributed by atoms with E-state index in [0.717, 1.165) is 22.4 Å². The second-order valence-corrected chi connectivity index (χ2v) is 9.20. The zero-order valence-electron chi connectivity index (χ0n) is 19.3. The number of aromatic nitrogens is 4. The molecule has 36 heavy (non-hydrogen) atoms. The first kappa shape index (κ1) is 19.4. The first-order valence-electron chi connectivity index (χ1n) is 12.1. The molecule has 0 N–H and O–H groups in total. The van der Waals surface area contributed by atoms with E-state index < -0.39 is 0 Å². The van der Waals surface area contributed by atoms with Crippen molar-refractivity contribution in [2.24, 2.45) is 0 Å². The van der Waals surface area contributed by atoms with Gasteiger partial charge in [0.05, 0.1) is 16.7 Å². The van der Waals surface area contributed by atoms with Crippen LogP contribution >= 0.6 is 0 Å². The number of rotatable bonds is 2. The summed E-state index contributed by atoms with van der Waals surface area (Å²) in [4.78, 5) is 1.71. The number of hydrogen-bond donors (Lipinski definition) is 0. The summed E-state index contributed by atoms with van der Waals surface area (Å²) < 4.78 is 2.37. The van der Waals surface area contributed by atoms with Crippen LogP contribution in [0.25, 0.3) is 65.8 Å². The van der Waals surface area contributed by atoms with E-state index in [9.17, 15) is 0 Å². The van der Waals surface area contributed by atoms with Crippen LogP contribution < -0.4 is 0 Å². The molecule has 168 valence electrons. The van der Waals surface area contributed by atoms with Gasteiger partial charge < -0.3 is 4.57 Å². The SMILES string of the molecule is c1ccc(-n2nc3ccc(-n4c5ccc6ccccc6c5c5c6ccccc6ccc54)cc3n2)cc1. The number of fused-ring (bicyclic) bond motifs is 8. The van der Waals surface area contributed by atoms with Crippen LogP contribution in [0, 0.1) is 0 Å². The Kier molecular flexibility index (Phi) is 3.91. The Morgan fingerprint density at radius 3 is 1.69 bits per heavy atom. The molecular weight excluding hydrogens is 440 g/mol. The van der Waals surface area contributed by atoms with Crippen molar-refractivity contribution >= 4 is 54.4 Å². The van der Waals surface area contributed by atoms with E-state index in [2.05, 4.69) is 95.6 Å². The maximum absolute atomic E-state index is 4.81. The molecule has 0 fully saturated rings. The average Bonchev–Trinajstić information content (AvgIpc) is 3.52. The van der Waals surface area contributed by atoms with Gasteiger partial charge in [0, 0.05) is 16.5 Å². The van der Waals surface area contributed by atoms with Gasteiger partial charge in [-0.25, -0.2) is 0 Å². The largest absolute Gasteiger partial charge is 0.309 e. The van der Waals surface area contributed by atoms with Crippen LogP contribution in [0.4, 0.5) is 0 Å². The molecule has 0 aliphatic heterocycles. The predicted molar refractivity (Wildman–Crippen MR) is 148 cm³/mol. The lowest BCUT2D eigenvalue weighted by atomic mass is 10.00. The van der Waals surface area contributed by atoms with Crippen LogP contribution in [-0.2, 0) is 0 Å². The third-order valence-electron chi connectivity index (χ3n) is 7.16. The summed E-state index contributed by atoms with van der Waals surface area (Å²) in [7, 11) is 0. The quantitative estimate of drug-likeness (QED) is 0.264. The smallest absolute Gasteiger partial charge is 0.115 e. The molecule has 0 amide bonds. The Bertz CT molecular complexity index is 2010. The molecule has 4 nitrogen and oxygen atoms in total. The Morgan fingerprint density at radius 2 is 1.03 bits per heavy atom. The standard InChI is InChI=1S/C32H20N4/c1-2-10-23(11-3-1)36-33-27-17-16-24(20-28(27)34-36)35-29-18-14-21-8-4-6-12-25(21)31(29)32-26-13-7-5-9-22(26)15-19-30(32)35/h1-20H. The summed E-state index contributed by atoms with van der Waals surface area (Å²) in [5, 5.41) is 17.1. The van der Waals surface area contributed by atoms with Crippen LogP contribution in [0.5, 0.6) is 0 Å². The number of benzene rings is 6. The lowest BCUT2D eigenvalue weighted by Crippen LogP contribution is -1.97. The first-order valence-corrected chi connectivity index (χ1v) is 12.1. The van der Waals surface area contributed by atoms with Crippen molar-refractivity contribution in [1.82, 2.24) is 19.6 Å². The highest BCUT2D eigenvalue weighted by molar-refractivity contribution is 6.28. The van der Waals surface area contributed by atoms with Crippen LogP contribution in [0.1, 0.15) is 0 Å². The number of para-hydroxylation sites is 1. The normalized spacial score (nSPS) is 11.9. The van der Waals surface area contributed by atoms with E-state index in [1.165, 1.54) is 43.4 Å². The minimum absolute atomic E-state index is 0.868. The summed E-state index contributed by atoms with van der Waals surface area (Å²) in [5.41, 5.74) is 6.15. The van der Waals surface area contributed by atoms with Gasteiger partial charge in [0.15, 0.2) is 0 Å². The zero-order chi connectivity index (χ0) is 23.6. The van der Waals surface area contributed by atoms with Gasteiger partial charge in [0.1, 0.15) is 11.0 Å². The van der Waals surface area contributed by atoms with E-state index in [4.69, 9.17) is 10.2 Å². The highest BCUT2D eigenvalue weighted by Crippen LogP contribution is 2.40. The van der Waals surface area contributed by atoms with Crippen LogP contribution in [0.15, 0.2) is 121 Å². The number of nitrogens with zero attached hydrogens (tertiary/aromatic N) is 4. The summed E-state index contributed by atoms with van der Waals surface area (Å²) in [6.07, 6.45) is 0. The second-order valence-electron chi connectivity index (χ2n) is 9.20. The maximum Gasteiger partial charge on any atom is 0.115 e. The zero-order valence-corrected chi connectivity index (χ0v) is 19.3. The van der Waals surface area contributed by atoms with Gasteiger partial charge in [0.25, 0.3) is 0 Å². The van der Waals surface area contributed by atoms with Crippen LogP contribution in [0.3, 0.4) is 0 Å². The summed E-state index contributed by atoms with van der Waals surface area (Å²) >= 11 is 0. The van der Waals surface area contributed by atoms with Gasteiger partial charge in [-0.15, -0.1) is 10.2 Å². The molecule has 6 aromatic carbocycles. The molecule has 0 atom stereocenters. The Balaban J connectivity index is 1.48. The van der Waals surface area contributed by atoms with Gasteiger partial charge in [-0.1, -0.05) is 78.9 Å². The molecule has 2 aromatic heterocycles. The lowest BCUT2D eigenvalue weighted by molar-refractivity contribution is 0.766. The molecular formula is C32H20N4. The predicted octanol–water partition coefficient (Wildman–Crippen LogP) is 7.82. The fourth-order valence-corrected chi connectivity index (χ4v) is 5.54. The topological polar surface area (TPSA) is 35.6 Å². The van der Waals surface area contributed by atoms with Crippen molar-refractivity contribution < 1.29 is 0 Å². The van der Waals surface area contributed by atoms with Gasteiger partial charge in [-0.2, -0.15) is 4.80 Å². The van der Waals surface area contributed by atoms with Crippen molar-refractivity contribution in [2.75, 3.05) is 0 Å². The van der Waals surface area contributed by atoms with Crippen molar-refractivity contribution in [2.45, 2.75) is 0 Å². The minimum atomic E-state index is 0.868. The molecule has 0 unspecified atom stereocenters. The Labute approximate surface area is 206 Å². The molecule has 8 aromatic rings. The maximum atomic E-state index is 4.81. The molecule has 0 bridgehead atoms. The molecule has 0 radical (unpaired) electrons. The van der Waals surface area contributed by atoms with Crippen molar-refractivity contribution in [3.8, 4) is 11.4 Å². The third kappa shape index (κ3) is 2.70. The van der Waals surface area contributed by atoms with Gasteiger partial charge in [-0.05, 0) is 64.0 Å². The molecule has 8 rings (SSSR count). The van der Waals surface area contributed by atoms with E-state index in [1.807, 2.05) is 30.3 Å². The second kappa shape index (κ2) is 7.27. The first-order chi connectivity index (χ1) is 17.8. The highest BCUT2D eigenvalue weighted by atomic mass is 15.5. The van der Waals surface area contributed by atoms with Crippen molar-refractivity contribution in [1.29, 1.82) is 0 Å². The monoisotopic (exact) mass is 460 g/mol. The number of hydrogen-bond acceptors (Lipinski definition) is 2. The summed E-state index contributed by atoms with van der Waals surface area (Å²) in [6, 6.07) is 42.7. The van der Waals surface area contributed by atoms with Crippen molar-refractivity contribution in [3.05, 3.63) is 121 Å². The van der Waals surface area contributed by atoms with Crippen molar-refractivity contribution in [3.63, 3.8) is 0 Å². The van der Waals surface area contributed by atoms with E-state index in [0.29, 0.717) is 0 Å². The van der Waals surface area contributed by atoms with E-state index in [-0.39, 0.29) is 0 Å². The van der Waals surface area contributed by atoms with Gasteiger partial charge in [-0.3, -0.25) is 0 Å². The minimum Gasteiger partial charge on any atom is -0.309 e. The lowest BCUT2D eigenvalue weighted by Gasteiger charge is -2.08. The van der Waals surface area contributed by atoms with Gasteiger partial charge in [0.2, 0.25) is 0 Å². The Hall–Kier alpha value is -4.96.